The lowest BCUT2D eigenvalue weighted by Gasteiger charge is -2.21. The molecule has 158 valence electrons. The minimum atomic E-state index is -0.469. The Kier molecular flexibility index (Phi) is 8.98. The monoisotopic (exact) mass is 418 g/mol. The molecule has 2 aromatic rings. The fourth-order valence-corrected chi connectivity index (χ4v) is 3.68. The summed E-state index contributed by atoms with van der Waals surface area (Å²) in [6.45, 7) is 11.4. The first-order valence-corrected chi connectivity index (χ1v) is 11.0. The van der Waals surface area contributed by atoms with E-state index in [9.17, 15) is 9.59 Å². The van der Waals surface area contributed by atoms with Gasteiger partial charge in [0.05, 0.1) is 5.75 Å². The number of carbonyl (C=O) groups is 2. The molecule has 0 aliphatic rings. The fraction of sp³-hybridized carbons (Fsp3) is 0.500. The highest BCUT2D eigenvalue weighted by Crippen LogP contribution is 2.26. The van der Waals surface area contributed by atoms with Gasteiger partial charge in [-0.05, 0) is 51.5 Å². The zero-order chi connectivity index (χ0) is 21.2. The van der Waals surface area contributed by atoms with Crippen LogP contribution in [0.1, 0.15) is 34.1 Å². The number of aromatic nitrogens is 3. The molecule has 29 heavy (non-hydrogen) atoms. The van der Waals surface area contributed by atoms with Crippen LogP contribution in [-0.4, -0.2) is 52.1 Å². The van der Waals surface area contributed by atoms with E-state index in [1.54, 1.807) is 0 Å². The molecule has 0 spiro atoms. The second-order valence-electron chi connectivity index (χ2n) is 6.36. The molecule has 0 aliphatic carbocycles. The maximum atomic E-state index is 12.0. The summed E-state index contributed by atoms with van der Waals surface area (Å²) in [6.07, 6.45) is 0.814. The summed E-state index contributed by atoms with van der Waals surface area (Å²) in [7, 11) is 0. The van der Waals surface area contributed by atoms with Crippen molar-refractivity contribution in [2.24, 2.45) is 0 Å². The van der Waals surface area contributed by atoms with Gasteiger partial charge in [-0.3, -0.25) is 10.1 Å². The average molecular weight is 419 g/mol. The first-order valence-electron chi connectivity index (χ1n) is 10.0. The lowest BCUT2D eigenvalue weighted by atomic mass is 10.2. The van der Waals surface area contributed by atoms with Crippen molar-refractivity contribution in [1.29, 1.82) is 0 Å². The van der Waals surface area contributed by atoms with Gasteiger partial charge in [0, 0.05) is 37.4 Å². The number of anilines is 1. The highest BCUT2D eigenvalue weighted by Gasteiger charge is 2.16. The number of rotatable bonds is 10. The molecule has 0 fully saturated rings. The largest absolute Gasteiger partial charge is 0.372 e. The van der Waals surface area contributed by atoms with Crippen molar-refractivity contribution in [2.45, 2.75) is 45.8 Å². The number of benzene rings is 1. The Morgan fingerprint density at radius 1 is 1.07 bits per heavy atom. The average Bonchev–Trinajstić information content (AvgIpc) is 3.15. The fourth-order valence-electron chi connectivity index (χ4n) is 2.88. The van der Waals surface area contributed by atoms with Gasteiger partial charge in [0.25, 0.3) is 0 Å². The van der Waals surface area contributed by atoms with Gasteiger partial charge in [0.15, 0.2) is 11.0 Å². The second kappa shape index (κ2) is 11.5. The topological polar surface area (TPSA) is 92.2 Å². The maximum absolute atomic E-state index is 12.0. The normalized spacial score (nSPS) is 10.6. The van der Waals surface area contributed by atoms with Crippen LogP contribution in [0, 0.1) is 0 Å². The minimum absolute atomic E-state index is 0.0958. The minimum Gasteiger partial charge on any atom is -0.372 e. The maximum Gasteiger partial charge on any atom is 0.321 e. The van der Waals surface area contributed by atoms with E-state index in [4.69, 9.17) is 0 Å². The summed E-state index contributed by atoms with van der Waals surface area (Å²) in [6, 6.07) is 7.80. The predicted molar refractivity (Wildman–Crippen MR) is 117 cm³/mol. The van der Waals surface area contributed by atoms with Gasteiger partial charge in [-0.25, -0.2) is 4.79 Å². The molecule has 2 N–H and O–H groups in total. The van der Waals surface area contributed by atoms with E-state index in [1.165, 1.54) is 17.4 Å². The summed E-state index contributed by atoms with van der Waals surface area (Å²) in [5.41, 5.74) is 2.15. The molecule has 0 radical (unpaired) electrons. The molecule has 1 aromatic carbocycles. The van der Waals surface area contributed by atoms with Crippen LogP contribution in [0.3, 0.4) is 0 Å². The number of urea groups is 1. The molecule has 0 bridgehead atoms. The Labute approximate surface area is 176 Å². The van der Waals surface area contributed by atoms with Crippen molar-refractivity contribution in [3.63, 3.8) is 0 Å². The molecular formula is C20H30N6O2S. The van der Waals surface area contributed by atoms with Crippen molar-refractivity contribution in [3.8, 4) is 11.4 Å². The van der Waals surface area contributed by atoms with Crippen LogP contribution in [0.5, 0.6) is 0 Å². The summed E-state index contributed by atoms with van der Waals surface area (Å²) in [5, 5.41) is 14.1. The van der Waals surface area contributed by atoms with Crippen molar-refractivity contribution in [1.82, 2.24) is 25.4 Å². The molecule has 9 heteroatoms. The molecule has 0 unspecified atom stereocenters. The number of nitrogens with one attached hydrogen (secondary N) is 2. The van der Waals surface area contributed by atoms with Crippen LogP contribution in [0.4, 0.5) is 10.5 Å². The van der Waals surface area contributed by atoms with Crippen molar-refractivity contribution >= 4 is 29.4 Å². The van der Waals surface area contributed by atoms with Gasteiger partial charge in [-0.1, -0.05) is 18.7 Å². The first kappa shape index (κ1) is 22.7. The molecule has 8 nitrogen and oxygen atoms in total. The predicted octanol–water partition coefficient (Wildman–Crippen LogP) is 3.14. The van der Waals surface area contributed by atoms with Crippen LogP contribution < -0.4 is 15.5 Å². The first-order chi connectivity index (χ1) is 14.0. The zero-order valence-electron chi connectivity index (χ0n) is 17.6. The van der Waals surface area contributed by atoms with Crippen LogP contribution in [0.15, 0.2) is 29.4 Å². The number of hydrogen-bond acceptors (Lipinski definition) is 6. The number of hydrogen-bond donors (Lipinski definition) is 2. The Balaban J connectivity index is 2.04. The Bertz CT molecular complexity index is 802. The summed E-state index contributed by atoms with van der Waals surface area (Å²) in [5.74, 6) is 0.500. The smallest absolute Gasteiger partial charge is 0.321 e. The Morgan fingerprint density at radius 3 is 2.34 bits per heavy atom. The van der Waals surface area contributed by atoms with E-state index in [2.05, 4.69) is 51.7 Å². The quantitative estimate of drug-likeness (QED) is 0.576. The third-order valence-electron chi connectivity index (χ3n) is 4.41. The molecule has 2 rings (SSSR count). The van der Waals surface area contributed by atoms with Gasteiger partial charge in [-0.15, -0.1) is 10.2 Å². The zero-order valence-corrected chi connectivity index (χ0v) is 18.4. The standard InChI is InChI=1S/C20H30N6O2S/c1-5-13-21-19(28)22-17(27)14-29-20-24-23-18(26(20)8-4)15-9-11-16(12-10-15)25(6-2)7-3/h9-12H,5-8,13-14H2,1-4H3,(H2,21,22,27,28). The summed E-state index contributed by atoms with van der Waals surface area (Å²) >= 11 is 1.27. The van der Waals surface area contributed by atoms with E-state index in [0.29, 0.717) is 18.2 Å². The number of amides is 3. The third-order valence-corrected chi connectivity index (χ3v) is 5.37. The van der Waals surface area contributed by atoms with Gasteiger partial charge in [0.2, 0.25) is 5.91 Å². The van der Waals surface area contributed by atoms with E-state index >= 15 is 0 Å². The van der Waals surface area contributed by atoms with Gasteiger partial charge >= 0.3 is 6.03 Å². The van der Waals surface area contributed by atoms with Crippen molar-refractivity contribution in [3.05, 3.63) is 24.3 Å². The number of carbonyl (C=O) groups excluding carboxylic acids is 2. The molecule has 1 aromatic heterocycles. The number of nitrogens with zero attached hydrogens (tertiary/aromatic N) is 4. The van der Waals surface area contributed by atoms with Gasteiger partial charge < -0.3 is 14.8 Å². The Morgan fingerprint density at radius 2 is 1.76 bits per heavy atom. The molecule has 0 saturated carbocycles. The van der Waals surface area contributed by atoms with E-state index in [0.717, 1.165) is 30.9 Å². The summed E-state index contributed by atoms with van der Waals surface area (Å²) in [4.78, 5) is 25.8. The van der Waals surface area contributed by atoms with Crippen LogP contribution >= 0.6 is 11.8 Å². The molecule has 0 atom stereocenters. The van der Waals surface area contributed by atoms with Gasteiger partial charge in [0.1, 0.15) is 0 Å². The van der Waals surface area contributed by atoms with Crippen molar-refractivity contribution < 1.29 is 9.59 Å². The van der Waals surface area contributed by atoms with E-state index in [-0.39, 0.29) is 11.7 Å². The molecule has 3 amide bonds. The Hall–Kier alpha value is -2.55. The van der Waals surface area contributed by atoms with E-state index in [1.807, 2.05) is 30.5 Å². The number of imide groups is 1. The van der Waals surface area contributed by atoms with Crippen LogP contribution in [0.25, 0.3) is 11.4 Å². The molecule has 1 heterocycles. The van der Waals surface area contributed by atoms with Crippen molar-refractivity contribution in [2.75, 3.05) is 30.3 Å². The lowest BCUT2D eigenvalue weighted by Crippen LogP contribution is -2.40. The SMILES string of the molecule is CCCNC(=O)NC(=O)CSc1nnc(-c2ccc(N(CC)CC)cc2)n1CC. The lowest BCUT2D eigenvalue weighted by molar-refractivity contribution is -0.117. The highest BCUT2D eigenvalue weighted by atomic mass is 32.2. The second-order valence-corrected chi connectivity index (χ2v) is 7.30. The van der Waals surface area contributed by atoms with Gasteiger partial charge in [-0.2, -0.15) is 0 Å². The third kappa shape index (κ3) is 6.22. The van der Waals surface area contributed by atoms with Crippen LogP contribution in [-0.2, 0) is 11.3 Å². The molecular weight excluding hydrogens is 388 g/mol. The van der Waals surface area contributed by atoms with E-state index < -0.39 is 6.03 Å². The molecule has 0 aliphatic heterocycles. The number of thioether (sulfide) groups is 1. The summed E-state index contributed by atoms with van der Waals surface area (Å²) < 4.78 is 1.97. The molecule has 0 saturated heterocycles. The van der Waals surface area contributed by atoms with Crippen LogP contribution in [0.2, 0.25) is 0 Å². The highest BCUT2D eigenvalue weighted by molar-refractivity contribution is 7.99.